The van der Waals surface area contributed by atoms with Crippen molar-refractivity contribution in [2.75, 3.05) is 50.7 Å². The monoisotopic (exact) mass is 664 g/mol. The number of amides is 2. The zero-order valence-corrected chi connectivity index (χ0v) is 27.5. The number of rotatable bonds is 9. The van der Waals surface area contributed by atoms with Crippen LogP contribution in [-0.2, 0) is 10.2 Å². The van der Waals surface area contributed by atoms with E-state index in [1.54, 1.807) is 10.7 Å². The van der Waals surface area contributed by atoms with E-state index >= 15 is 0 Å². The second-order valence-electron chi connectivity index (χ2n) is 13.5. The summed E-state index contributed by atoms with van der Waals surface area (Å²) in [7, 11) is -4.24. The quantitative estimate of drug-likeness (QED) is 0.311. The standard InChI is InChI=1S/C33H44N8O5S/c42-32(37-47(45,46)36-25-13-19-40(20-14-25)33(43)44)27-21-28(39-17-11-23(12-18-39)22-38-15-4-5-16-38)29-30(24-7-6-8-24)35-41(31(29)34-27)26-9-2-1-3-10-26/h1-3,9-10,21,23-25,36H,4-8,11-20,22H2,(H,37,42)(H,43,44). The van der Waals surface area contributed by atoms with Crippen molar-refractivity contribution in [1.82, 2.24) is 34.0 Å². The SMILES string of the molecule is O=C(NS(=O)(=O)NC1CCN(C(=O)O)CC1)c1cc(N2CCC(CN3CCCC3)CC2)c2c(C3CCC3)nn(-c3ccccc3)c2n1. The van der Waals surface area contributed by atoms with Gasteiger partial charge in [0.1, 0.15) is 5.69 Å². The highest BCUT2D eigenvalue weighted by Crippen LogP contribution is 2.43. The minimum absolute atomic E-state index is 0.00926. The fourth-order valence-corrected chi connectivity index (χ4v) is 8.59. The molecule has 4 fully saturated rings. The number of nitrogens with zero attached hydrogens (tertiary/aromatic N) is 6. The number of anilines is 1. The Morgan fingerprint density at radius 1 is 0.894 bits per heavy atom. The van der Waals surface area contributed by atoms with E-state index in [2.05, 4.69) is 19.2 Å². The lowest BCUT2D eigenvalue weighted by atomic mass is 9.81. The molecule has 3 N–H and O–H groups in total. The second-order valence-corrected chi connectivity index (χ2v) is 15.0. The molecule has 47 heavy (non-hydrogen) atoms. The van der Waals surface area contributed by atoms with Crippen molar-refractivity contribution in [1.29, 1.82) is 0 Å². The second kappa shape index (κ2) is 13.4. The van der Waals surface area contributed by atoms with Gasteiger partial charge in [0.25, 0.3) is 5.91 Å². The van der Waals surface area contributed by atoms with Gasteiger partial charge in [-0.3, -0.25) is 4.79 Å². The van der Waals surface area contributed by atoms with Crippen molar-refractivity contribution < 1.29 is 23.1 Å². The number of fused-ring (bicyclic) bond motifs is 1. The summed E-state index contributed by atoms with van der Waals surface area (Å²) in [6.07, 6.45) is 7.53. The van der Waals surface area contributed by atoms with E-state index in [1.807, 2.05) is 30.3 Å². The Bertz CT molecular complexity index is 1710. The number of hydrogen-bond donors (Lipinski definition) is 3. The van der Waals surface area contributed by atoms with E-state index in [4.69, 9.17) is 10.1 Å². The molecule has 3 aliphatic heterocycles. The Morgan fingerprint density at radius 3 is 2.23 bits per heavy atom. The van der Waals surface area contributed by atoms with Crippen molar-refractivity contribution in [2.24, 2.45) is 5.92 Å². The first-order valence-electron chi connectivity index (χ1n) is 17.0. The van der Waals surface area contributed by atoms with Crippen LogP contribution >= 0.6 is 0 Å². The molecule has 0 atom stereocenters. The predicted octanol–water partition coefficient (Wildman–Crippen LogP) is 3.71. The molecule has 252 valence electrons. The summed E-state index contributed by atoms with van der Waals surface area (Å²) in [5, 5.41) is 15.3. The Morgan fingerprint density at radius 2 is 1.60 bits per heavy atom. The van der Waals surface area contributed by atoms with Crippen LogP contribution in [0, 0.1) is 5.92 Å². The number of hydrogen-bond acceptors (Lipinski definition) is 8. The topological polar surface area (TPSA) is 153 Å². The molecule has 1 aromatic carbocycles. The van der Waals surface area contributed by atoms with Gasteiger partial charge >= 0.3 is 16.3 Å². The Kier molecular flexibility index (Phi) is 9.07. The third kappa shape index (κ3) is 6.95. The van der Waals surface area contributed by atoms with Crippen LogP contribution in [0.3, 0.4) is 0 Å². The van der Waals surface area contributed by atoms with E-state index in [9.17, 15) is 23.1 Å². The number of aromatic nitrogens is 3. The fourth-order valence-electron chi connectivity index (χ4n) is 7.50. The summed E-state index contributed by atoms with van der Waals surface area (Å²) in [6.45, 7) is 5.63. The Labute approximate surface area is 275 Å². The van der Waals surface area contributed by atoms with Crippen LogP contribution in [0.15, 0.2) is 36.4 Å². The molecule has 0 bridgehead atoms. The molecule has 2 aromatic heterocycles. The zero-order valence-electron chi connectivity index (χ0n) is 26.7. The van der Waals surface area contributed by atoms with Gasteiger partial charge in [-0.05, 0) is 88.6 Å². The maximum atomic E-state index is 13.7. The zero-order chi connectivity index (χ0) is 32.5. The van der Waals surface area contributed by atoms with Gasteiger partial charge in [0.2, 0.25) is 0 Å². The van der Waals surface area contributed by atoms with Crippen LogP contribution in [0.5, 0.6) is 0 Å². The average Bonchev–Trinajstić information content (AvgIpc) is 3.69. The molecule has 2 amide bonds. The minimum atomic E-state index is -4.24. The van der Waals surface area contributed by atoms with Crippen molar-refractivity contribution in [2.45, 2.75) is 69.7 Å². The minimum Gasteiger partial charge on any atom is -0.465 e. The molecule has 1 aliphatic carbocycles. The van der Waals surface area contributed by atoms with Gasteiger partial charge in [-0.15, -0.1) is 0 Å². The molecule has 7 rings (SSSR count). The number of para-hydroxylation sites is 1. The highest BCUT2D eigenvalue weighted by molar-refractivity contribution is 7.88. The third-order valence-electron chi connectivity index (χ3n) is 10.4. The summed E-state index contributed by atoms with van der Waals surface area (Å²) in [5.74, 6) is 0.118. The van der Waals surface area contributed by atoms with E-state index in [1.165, 1.54) is 30.8 Å². The summed E-state index contributed by atoms with van der Waals surface area (Å²) in [4.78, 5) is 35.9. The molecule has 0 spiro atoms. The fraction of sp³-hybridized carbons (Fsp3) is 0.576. The number of benzene rings is 1. The van der Waals surface area contributed by atoms with Gasteiger partial charge < -0.3 is 19.8 Å². The van der Waals surface area contributed by atoms with E-state index in [-0.39, 0.29) is 18.8 Å². The molecule has 3 saturated heterocycles. The molecule has 13 nitrogen and oxygen atoms in total. The summed E-state index contributed by atoms with van der Waals surface area (Å²) in [6, 6.07) is 11.0. The van der Waals surface area contributed by atoms with Gasteiger partial charge in [0.15, 0.2) is 5.65 Å². The summed E-state index contributed by atoms with van der Waals surface area (Å²) >= 11 is 0. The number of nitrogens with one attached hydrogen (secondary N) is 2. The molecule has 3 aromatic rings. The summed E-state index contributed by atoms with van der Waals surface area (Å²) in [5.41, 5.74) is 3.26. The molecule has 5 heterocycles. The number of carbonyl (C=O) groups excluding carboxylic acids is 1. The van der Waals surface area contributed by atoms with Crippen molar-refractivity contribution in [3.63, 3.8) is 0 Å². The van der Waals surface area contributed by atoms with E-state index in [0.717, 1.165) is 74.2 Å². The van der Waals surface area contributed by atoms with Gasteiger partial charge in [-0.2, -0.15) is 18.2 Å². The molecule has 0 radical (unpaired) electrons. The predicted molar refractivity (Wildman–Crippen MR) is 178 cm³/mol. The smallest absolute Gasteiger partial charge is 0.407 e. The highest BCUT2D eigenvalue weighted by atomic mass is 32.2. The normalized spacial score (nSPS) is 20.5. The van der Waals surface area contributed by atoms with Crippen LogP contribution in [0.25, 0.3) is 16.7 Å². The van der Waals surface area contributed by atoms with Gasteiger partial charge in [-0.1, -0.05) is 24.6 Å². The van der Waals surface area contributed by atoms with Gasteiger partial charge in [0.05, 0.1) is 22.5 Å². The summed E-state index contributed by atoms with van der Waals surface area (Å²) < 4.78 is 32.8. The maximum Gasteiger partial charge on any atom is 0.407 e. The number of carboxylic acid groups (broad SMARTS) is 1. The molecular weight excluding hydrogens is 620 g/mol. The van der Waals surface area contributed by atoms with Crippen LogP contribution in [0.4, 0.5) is 10.5 Å². The number of likely N-dealkylation sites (tertiary alicyclic amines) is 2. The molecule has 4 aliphatic rings. The van der Waals surface area contributed by atoms with Gasteiger partial charge in [-0.25, -0.2) is 19.2 Å². The van der Waals surface area contributed by atoms with E-state index in [0.29, 0.717) is 30.3 Å². The third-order valence-corrected chi connectivity index (χ3v) is 11.5. The Balaban J connectivity index is 1.19. The number of pyridine rings is 1. The number of carbonyl (C=O) groups is 2. The van der Waals surface area contributed by atoms with Gasteiger partial charge in [0, 0.05) is 44.7 Å². The van der Waals surface area contributed by atoms with Crippen LogP contribution in [0.1, 0.15) is 79.9 Å². The first-order valence-corrected chi connectivity index (χ1v) is 18.5. The lowest BCUT2D eigenvalue weighted by Crippen LogP contribution is -2.50. The van der Waals surface area contributed by atoms with Crippen LogP contribution in [-0.4, -0.2) is 102 Å². The first kappa shape index (κ1) is 31.8. The van der Waals surface area contributed by atoms with Crippen LogP contribution < -0.4 is 14.3 Å². The average molecular weight is 665 g/mol. The molecule has 1 saturated carbocycles. The van der Waals surface area contributed by atoms with Crippen molar-refractivity contribution >= 4 is 38.9 Å². The van der Waals surface area contributed by atoms with Crippen LogP contribution in [0.2, 0.25) is 0 Å². The lowest BCUT2D eigenvalue weighted by Gasteiger charge is -2.36. The highest BCUT2D eigenvalue weighted by Gasteiger charge is 2.33. The molecule has 0 unspecified atom stereocenters. The molecular formula is C33H44N8O5S. The van der Waals surface area contributed by atoms with Crippen molar-refractivity contribution in [3.05, 3.63) is 47.8 Å². The maximum absolute atomic E-state index is 13.7. The lowest BCUT2D eigenvalue weighted by molar-refractivity contribution is 0.0976. The van der Waals surface area contributed by atoms with E-state index < -0.39 is 28.3 Å². The molecule has 14 heteroatoms. The largest absolute Gasteiger partial charge is 0.465 e. The Hall–Kier alpha value is -3.75. The first-order chi connectivity index (χ1) is 22.7. The van der Waals surface area contributed by atoms with Crippen molar-refractivity contribution in [3.8, 4) is 5.69 Å². The number of piperidine rings is 2.